The van der Waals surface area contributed by atoms with Gasteiger partial charge in [0.2, 0.25) is 15.9 Å². The van der Waals surface area contributed by atoms with E-state index in [1.165, 1.54) is 7.11 Å². The van der Waals surface area contributed by atoms with E-state index in [1.807, 2.05) is 6.92 Å². The SMILES string of the molecule is CCCCNC(=O)CN(c1ccccc1OC)S(C)(=O)=O. The third-order valence-corrected chi connectivity index (χ3v) is 4.02. The average Bonchev–Trinajstić information content (AvgIpc) is 2.44. The molecule has 0 aliphatic rings. The topological polar surface area (TPSA) is 75.7 Å². The van der Waals surface area contributed by atoms with Crippen LogP contribution in [0.4, 0.5) is 5.69 Å². The monoisotopic (exact) mass is 314 g/mol. The van der Waals surface area contributed by atoms with E-state index >= 15 is 0 Å². The van der Waals surface area contributed by atoms with E-state index in [4.69, 9.17) is 4.74 Å². The summed E-state index contributed by atoms with van der Waals surface area (Å²) in [5, 5.41) is 2.71. The van der Waals surface area contributed by atoms with Crippen molar-refractivity contribution in [1.29, 1.82) is 0 Å². The summed E-state index contributed by atoms with van der Waals surface area (Å²) in [4.78, 5) is 11.9. The maximum atomic E-state index is 12.0. The van der Waals surface area contributed by atoms with Crippen LogP contribution < -0.4 is 14.4 Å². The Morgan fingerprint density at radius 3 is 2.57 bits per heavy atom. The molecule has 1 rings (SSSR count). The third kappa shape index (κ3) is 5.26. The molecule has 0 fully saturated rings. The molecule has 1 aromatic carbocycles. The van der Waals surface area contributed by atoms with Crippen LogP contribution in [0.1, 0.15) is 19.8 Å². The number of nitrogens with zero attached hydrogens (tertiary/aromatic N) is 1. The van der Waals surface area contributed by atoms with Crippen LogP contribution in [-0.2, 0) is 14.8 Å². The van der Waals surface area contributed by atoms with Crippen molar-refractivity contribution in [2.75, 3.05) is 30.8 Å². The third-order valence-electron chi connectivity index (χ3n) is 2.89. The predicted molar refractivity (Wildman–Crippen MR) is 83.1 cm³/mol. The summed E-state index contributed by atoms with van der Waals surface area (Å²) in [6.07, 6.45) is 2.89. The van der Waals surface area contributed by atoms with Crippen LogP contribution in [0, 0.1) is 0 Å². The van der Waals surface area contributed by atoms with Gasteiger partial charge in [-0.05, 0) is 18.6 Å². The number of para-hydroxylation sites is 2. The number of hydrogen-bond acceptors (Lipinski definition) is 4. The number of unbranched alkanes of at least 4 members (excludes halogenated alkanes) is 1. The number of carbonyl (C=O) groups is 1. The van der Waals surface area contributed by atoms with Gasteiger partial charge in [0.25, 0.3) is 0 Å². The number of benzene rings is 1. The molecule has 0 bridgehead atoms. The Hall–Kier alpha value is -1.76. The molecule has 21 heavy (non-hydrogen) atoms. The van der Waals surface area contributed by atoms with Gasteiger partial charge in [0.1, 0.15) is 12.3 Å². The number of rotatable bonds is 8. The van der Waals surface area contributed by atoms with Gasteiger partial charge in [0, 0.05) is 6.54 Å². The van der Waals surface area contributed by atoms with Gasteiger partial charge in [-0.15, -0.1) is 0 Å². The Morgan fingerprint density at radius 1 is 1.33 bits per heavy atom. The normalized spacial score (nSPS) is 11.0. The Balaban J connectivity index is 2.95. The highest BCUT2D eigenvalue weighted by molar-refractivity contribution is 7.92. The number of anilines is 1. The van der Waals surface area contributed by atoms with Gasteiger partial charge in [-0.3, -0.25) is 9.10 Å². The lowest BCUT2D eigenvalue weighted by molar-refractivity contribution is -0.119. The molecule has 1 N–H and O–H groups in total. The standard InChI is InChI=1S/C14H22N2O4S/c1-4-5-10-15-14(17)11-16(21(3,18)19)12-8-6-7-9-13(12)20-2/h6-9H,4-5,10-11H2,1-3H3,(H,15,17). The van der Waals surface area contributed by atoms with Crippen molar-refractivity contribution in [2.45, 2.75) is 19.8 Å². The van der Waals surface area contributed by atoms with Crippen LogP contribution >= 0.6 is 0 Å². The molecule has 0 radical (unpaired) electrons. The molecule has 7 heteroatoms. The molecular formula is C14H22N2O4S. The van der Waals surface area contributed by atoms with Gasteiger partial charge in [-0.1, -0.05) is 25.5 Å². The van der Waals surface area contributed by atoms with Crippen LogP contribution in [0.2, 0.25) is 0 Å². The fourth-order valence-electron chi connectivity index (χ4n) is 1.81. The zero-order valence-electron chi connectivity index (χ0n) is 12.6. The molecule has 0 aliphatic heterocycles. The van der Waals surface area contributed by atoms with E-state index in [2.05, 4.69) is 5.32 Å². The molecule has 0 heterocycles. The molecule has 0 aliphatic carbocycles. The van der Waals surface area contributed by atoms with Crippen molar-refractivity contribution in [3.8, 4) is 5.75 Å². The van der Waals surface area contributed by atoms with Gasteiger partial charge >= 0.3 is 0 Å². The maximum absolute atomic E-state index is 12.0. The van der Waals surface area contributed by atoms with Crippen molar-refractivity contribution < 1.29 is 17.9 Å². The van der Waals surface area contributed by atoms with Crippen LogP contribution in [0.15, 0.2) is 24.3 Å². The summed E-state index contributed by atoms with van der Waals surface area (Å²) >= 11 is 0. The van der Waals surface area contributed by atoms with Gasteiger partial charge in [-0.25, -0.2) is 8.42 Å². The van der Waals surface area contributed by atoms with Crippen molar-refractivity contribution in [3.63, 3.8) is 0 Å². The van der Waals surface area contributed by atoms with Crippen molar-refractivity contribution in [3.05, 3.63) is 24.3 Å². The molecule has 0 aromatic heterocycles. The van der Waals surface area contributed by atoms with Crippen LogP contribution in [-0.4, -0.2) is 40.8 Å². The molecule has 1 amide bonds. The number of carbonyl (C=O) groups excluding carboxylic acids is 1. The first-order valence-electron chi connectivity index (χ1n) is 6.77. The number of hydrogen-bond donors (Lipinski definition) is 1. The summed E-state index contributed by atoms with van der Waals surface area (Å²) in [6.45, 7) is 2.30. The second kappa shape index (κ2) is 7.87. The molecular weight excluding hydrogens is 292 g/mol. The highest BCUT2D eigenvalue weighted by Crippen LogP contribution is 2.29. The first-order valence-corrected chi connectivity index (χ1v) is 8.62. The fraction of sp³-hybridized carbons (Fsp3) is 0.500. The van der Waals surface area contributed by atoms with Crippen LogP contribution in [0.3, 0.4) is 0 Å². The minimum Gasteiger partial charge on any atom is -0.495 e. The Kier molecular flexibility index (Phi) is 6.48. The zero-order valence-corrected chi connectivity index (χ0v) is 13.4. The second-order valence-electron chi connectivity index (χ2n) is 4.64. The number of nitrogens with one attached hydrogen (secondary N) is 1. The Morgan fingerprint density at radius 2 is 2.00 bits per heavy atom. The van der Waals surface area contributed by atoms with Crippen molar-refractivity contribution >= 4 is 21.6 Å². The number of ether oxygens (including phenoxy) is 1. The fourth-order valence-corrected chi connectivity index (χ4v) is 2.67. The first kappa shape index (κ1) is 17.3. The largest absolute Gasteiger partial charge is 0.495 e. The Bertz CT molecular complexity index is 572. The molecule has 118 valence electrons. The number of sulfonamides is 1. The van der Waals surface area contributed by atoms with Crippen LogP contribution in [0.25, 0.3) is 0 Å². The van der Waals surface area contributed by atoms with Crippen molar-refractivity contribution in [2.24, 2.45) is 0 Å². The van der Waals surface area contributed by atoms with E-state index in [0.29, 0.717) is 18.0 Å². The summed E-state index contributed by atoms with van der Waals surface area (Å²) in [6, 6.07) is 6.71. The van der Waals surface area contributed by atoms with E-state index in [0.717, 1.165) is 23.4 Å². The first-order chi connectivity index (χ1) is 9.90. The van der Waals surface area contributed by atoms with E-state index in [1.54, 1.807) is 24.3 Å². The van der Waals surface area contributed by atoms with Gasteiger partial charge in [0.15, 0.2) is 0 Å². The smallest absolute Gasteiger partial charge is 0.240 e. The lowest BCUT2D eigenvalue weighted by Crippen LogP contribution is -2.40. The molecule has 0 saturated carbocycles. The Labute approximate surface area is 126 Å². The maximum Gasteiger partial charge on any atom is 0.240 e. The lowest BCUT2D eigenvalue weighted by Gasteiger charge is -2.23. The van der Waals surface area contributed by atoms with Crippen molar-refractivity contribution in [1.82, 2.24) is 5.32 Å². The lowest BCUT2D eigenvalue weighted by atomic mass is 10.3. The summed E-state index contributed by atoms with van der Waals surface area (Å²) in [7, 11) is -2.12. The molecule has 0 spiro atoms. The van der Waals surface area contributed by atoms with E-state index in [-0.39, 0.29) is 12.5 Å². The number of amides is 1. The minimum atomic E-state index is -3.58. The second-order valence-corrected chi connectivity index (χ2v) is 6.55. The van der Waals surface area contributed by atoms with Crippen LogP contribution in [0.5, 0.6) is 5.75 Å². The molecule has 0 atom stereocenters. The van der Waals surface area contributed by atoms with E-state index in [9.17, 15) is 13.2 Å². The van der Waals surface area contributed by atoms with Gasteiger partial charge in [-0.2, -0.15) is 0 Å². The molecule has 0 unspecified atom stereocenters. The highest BCUT2D eigenvalue weighted by Gasteiger charge is 2.23. The summed E-state index contributed by atoms with van der Waals surface area (Å²) < 4.78 is 30.1. The van der Waals surface area contributed by atoms with E-state index < -0.39 is 10.0 Å². The summed E-state index contributed by atoms with van der Waals surface area (Å²) in [5.74, 6) is 0.0732. The van der Waals surface area contributed by atoms with Gasteiger partial charge < -0.3 is 10.1 Å². The quantitative estimate of drug-likeness (QED) is 0.736. The molecule has 0 saturated heterocycles. The number of methoxy groups -OCH3 is 1. The zero-order chi connectivity index (χ0) is 15.9. The summed E-state index contributed by atoms with van der Waals surface area (Å²) in [5.41, 5.74) is 0.355. The highest BCUT2D eigenvalue weighted by atomic mass is 32.2. The molecule has 6 nitrogen and oxygen atoms in total. The molecule has 1 aromatic rings. The predicted octanol–water partition coefficient (Wildman–Crippen LogP) is 1.38. The average molecular weight is 314 g/mol. The van der Waals surface area contributed by atoms with Gasteiger partial charge in [0.05, 0.1) is 19.1 Å². The minimum absolute atomic E-state index is 0.261.